The van der Waals surface area contributed by atoms with Crippen LogP contribution in [0.2, 0.25) is 0 Å². The molecular formula is C21H29N3O5. The highest BCUT2D eigenvalue weighted by molar-refractivity contribution is 5.97. The summed E-state index contributed by atoms with van der Waals surface area (Å²) < 4.78 is 17.7. The number of hydrogen-bond donors (Lipinski definition) is 3. The Balaban J connectivity index is 1.53. The Hall–Kier alpha value is -2.16. The van der Waals surface area contributed by atoms with Crippen LogP contribution in [0.4, 0.5) is 0 Å². The lowest BCUT2D eigenvalue weighted by Crippen LogP contribution is -2.50. The lowest BCUT2D eigenvalue weighted by molar-refractivity contribution is -0.137. The number of carbonyl (C=O) groups is 2. The minimum atomic E-state index is -0.333. The second-order valence-corrected chi connectivity index (χ2v) is 7.89. The summed E-state index contributed by atoms with van der Waals surface area (Å²) in [7, 11) is 1.68. The molecule has 0 aliphatic carbocycles. The predicted octanol–water partition coefficient (Wildman–Crippen LogP) is 0.608. The van der Waals surface area contributed by atoms with Crippen LogP contribution in [0.15, 0.2) is 24.3 Å². The fourth-order valence-electron chi connectivity index (χ4n) is 4.31. The summed E-state index contributed by atoms with van der Waals surface area (Å²) in [5, 5.41) is 9.20. The number of para-hydroxylation sites is 1. The van der Waals surface area contributed by atoms with Crippen molar-refractivity contribution in [1.29, 1.82) is 0 Å². The van der Waals surface area contributed by atoms with Crippen LogP contribution < -0.4 is 20.7 Å². The van der Waals surface area contributed by atoms with Gasteiger partial charge in [0.25, 0.3) is 5.91 Å². The van der Waals surface area contributed by atoms with Crippen LogP contribution in [0, 0.1) is 0 Å². The highest BCUT2D eigenvalue weighted by atomic mass is 16.5. The molecule has 2 fully saturated rings. The fourth-order valence-corrected chi connectivity index (χ4v) is 4.31. The Morgan fingerprint density at radius 2 is 1.97 bits per heavy atom. The monoisotopic (exact) mass is 403 g/mol. The number of nitrogens with one attached hydrogen (secondary N) is 3. The minimum Gasteiger partial charge on any atom is -0.493 e. The molecule has 158 valence electrons. The molecule has 0 saturated carbocycles. The lowest BCUT2D eigenvalue weighted by atomic mass is 9.99. The smallest absolute Gasteiger partial charge is 0.255 e. The summed E-state index contributed by atoms with van der Waals surface area (Å²) in [4.78, 5) is 25.3. The summed E-state index contributed by atoms with van der Waals surface area (Å²) in [6.45, 7) is 1.42. The standard InChI is InChI=1S/C21H29N3O5/c1-27-18-7-6-14-8-9-28-17-5-3-2-4-15(17)20(25)24-13-10-16(22-11-13)21(26)23-12-19(18)29-14/h2-5,13-14,16,18-19,22H,6-12H2,1H3,(H,23,26)(H,24,25)/t13-,14-,16-,18-,19+/m0/s1. The molecule has 4 rings (SSSR count). The van der Waals surface area contributed by atoms with E-state index in [4.69, 9.17) is 14.2 Å². The van der Waals surface area contributed by atoms with Gasteiger partial charge in [0.15, 0.2) is 0 Å². The van der Waals surface area contributed by atoms with Crippen LogP contribution in [0.25, 0.3) is 0 Å². The highest BCUT2D eigenvalue weighted by Crippen LogP contribution is 2.25. The predicted molar refractivity (Wildman–Crippen MR) is 106 cm³/mol. The SMILES string of the molecule is CO[C@H]1CC[C@H]2CCOc3ccccc3C(=O)N[C@@H]3CN[C@@H](C3)C(=O)NC[C@H]1O2. The molecule has 29 heavy (non-hydrogen) atoms. The van der Waals surface area contributed by atoms with Crippen LogP contribution in [0.5, 0.6) is 5.75 Å². The molecule has 8 heteroatoms. The van der Waals surface area contributed by atoms with Crippen LogP contribution >= 0.6 is 0 Å². The van der Waals surface area contributed by atoms with E-state index in [-0.39, 0.29) is 42.2 Å². The van der Waals surface area contributed by atoms with Gasteiger partial charge in [0.2, 0.25) is 5.91 Å². The second-order valence-electron chi connectivity index (χ2n) is 7.89. The summed E-state index contributed by atoms with van der Waals surface area (Å²) in [5.41, 5.74) is 0.509. The summed E-state index contributed by atoms with van der Waals surface area (Å²) in [5.74, 6) is 0.315. The first-order chi connectivity index (χ1) is 14.1. The normalized spacial score (nSPS) is 33.2. The van der Waals surface area contributed by atoms with Crippen molar-refractivity contribution in [2.75, 3.05) is 26.8 Å². The molecular weight excluding hydrogens is 374 g/mol. The molecule has 1 aromatic rings. The Kier molecular flexibility index (Phi) is 6.32. The van der Waals surface area contributed by atoms with Crippen molar-refractivity contribution in [2.24, 2.45) is 0 Å². The van der Waals surface area contributed by atoms with Gasteiger partial charge in [-0.1, -0.05) is 12.1 Å². The van der Waals surface area contributed by atoms with Gasteiger partial charge >= 0.3 is 0 Å². The zero-order chi connectivity index (χ0) is 20.2. The molecule has 1 aromatic carbocycles. The van der Waals surface area contributed by atoms with Gasteiger partial charge in [-0.3, -0.25) is 9.59 Å². The quantitative estimate of drug-likeness (QED) is 0.636. The third-order valence-electron chi connectivity index (χ3n) is 5.95. The van der Waals surface area contributed by atoms with Gasteiger partial charge < -0.3 is 30.2 Å². The lowest BCUT2D eigenvalue weighted by Gasteiger charge is -2.36. The van der Waals surface area contributed by atoms with Gasteiger partial charge in [0.1, 0.15) is 11.9 Å². The molecule has 0 aromatic heterocycles. The molecule has 0 spiro atoms. The Morgan fingerprint density at radius 3 is 2.83 bits per heavy atom. The van der Waals surface area contributed by atoms with Crippen molar-refractivity contribution in [3.8, 4) is 5.75 Å². The van der Waals surface area contributed by atoms with E-state index in [0.717, 1.165) is 12.8 Å². The number of hydrogen-bond acceptors (Lipinski definition) is 6. The van der Waals surface area contributed by atoms with E-state index in [0.29, 0.717) is 43.9 Å². The first-order valence-electron chi connectivity index (χ1n) is 10.4. The average Bonchev–Trinajstić information content (AvgIpc) is 3.20. The molecule has 8 nitrogen and oxygen atoms in total. The van der Waals surface area contributed by atoms with Crippen molar-refractivity contribution < 1.29 is 23.8 Å². The second kappa shape index (κ2) is 9.11. The number of amides is 2. The summed E-state index contributed by atoms with van der Waals surface area (Å²) in [6.07, 6.45) is 2.83. The van der Waals surface area contributed by atoms with Crippen LogP contribution in [0.3, 0.4) is 0 Å². The maximum Gasteiger partial charge on any atom is 0.255 e. The van der Waals surface area contributed by atoms with E-state index in [1.807, 2.05) is 18.2 Å². The molecule has 0 radical (unpaired) electrons. The topological polar surface area (TPSA) is 97.9 Å². The van der Waals surface area contributed by atoms with E-state index in [1.165, 1.54) is 0 Å². The molecule has 0 unspecified atom stereocenters. The van der Waals surface area contributed by atoms with Gasteiger partial charge in [-0.15, -0.1) is 0 Å². The maximum atomic E-state index is 12.8. The van der Waals surface area contributed by atoms with E-state index in [2.05, 4.69) is 16.0 Å². The molecule has 2 amide bonds. The van der Waals surface area contributed by atoms with E-state index < -0.39 is 0 Å². The number of methoxy groups -OCH3 is 1. The average molecular weight is 403 g/mol. The van der Waals surface area contributed by atoms with Crippen molar-refractivity contribution in [2.45, 2.75) is 56.1 Å². The molecule has 3 aliphatic rings. The summed E-state index contributed by atoms with van der Waals surface area (Å²) >= 11 is 0. The Morgan fingerprint density at radius 1 is 1.10 bits per heavy atom. The van der Waals surface area contributed by atoms with Crippen molar-refractivity contribution in [3.05, 3.63) is 29.8 Å². The molecule has 5 atom stereocenters. The highest BCUT2D eigenvalue weighted by Gasteiger charge is 2.34. The maximum absolute atomic E-state index is 12.8. The number of rotatable bonds is 1. The first kappa shape index (κ1) is 20.1. The van der Waals surface area contributed by atoms with Crippen molar-refractivity contribution in [1.82, 2.24) is 16.0 Å². The number of benzene rings is 1. The van der Waals surface area contributed by atoms with Gasteiger partial charge in [-0.05, 0) is 31.4 Å². The van der Waals surface area contributed by atoms with Gasteiger partial charge in [0, 0.05) is 32.7 Å². The molecule has 4 bridgehead atoms. The number of ether oxygens (including phenoxy) is 3. The first-order valence-corrected chi connectivity index (χ1v) is 10.4. The fraction of sp³-hybridized carbons (Fsp3) is 0.619. The van der Waals surface area contributed by atoms with Crippen molar-refractivity contribution in [3.63, 3.8) is 0 Å². The van der Waals surface area contributed by atoms with E-state index >= 15 is 0 Å². The van der Waals surface area contributed by atoms with E-state index in [9.17, 15) is 9.59 Å². The van der Waals surface area contributed by atoms with Gasteiger partial charge in [-0.2, -0.15) is 0 Å². The molecule has 2 saturated heterocycles. The van der Waals surface area contributed by atoms with Gasteiger partial charge in [0.05, 0.1) is 30.4 Å². The zero-order valence-electron chi connectivity index (χ0n) is 16.7. The zero-order valence-corrected chi connectivity index (χ0v) is 16.7. The third-order valence-corrected chi connectivity index (χ3v) is 5.95. The van der Waals surface area contributed by atoms with Crippen LogP contribution in [0.1, 0.15) is 36.0 Å². The van der Waals surface area contributed by atoms with Crippen LogP contribution in [-0.2, 0) is 14.3 Å². The summed E-state index contributed by atoms with van der Waals surface area (Å²) in [6, 6.07) is 6.81. The molecule has 3 aliphatic heterocycles. The van der Waals surface area contributed by atoms with Gasteiger partial charge in [-0.25, -0.2) is 0 Å². The largest absolute Gasteiger partial charge is 0.493 e. The Labute approximate surface area is 170 Å². The number of fused-ring (bicyclic) bond motifs is 5. The Bertz CT molecular complexity index is 743. The third kappa shape index (κ3) is 4.71. The van der Waals surface area contributed by atoms with E-state index in [1.54, 1.807) is 13.2 Å². The molecule has 3 heterocycles. The van der Waals surface area contributed by atoms with Crippen molar-refractivity contribution >= 4 is 11.8 Å². The number of carbonyl (C=O) groups excluding carboxylic acids is 2. The molecule has 3 N–H and O–H groups in total. The van der Waals surface area contributed by atoms with Crippen LogP contribution in [-0.4, -0.2) is 69.0 Å². The minimum absolute atomic E-state index is 0.0318.